The average Bonchev–Trinajstić information content (AvgIpc) is 2.67. The lowest BCUT2D eigenvalue weighted by atomic mass is 10.0. The molecule has 1 aromatic rings. The van der Waals surface area contributed by atoms with E-state index in [1.807, 2.05) is 31.2 Å². The van der Waals surface area contributed by atoms with E-state index >= 15 is 0 Å². The molecule has 0 bridgehead atoms. The number of aliphatic carboxylic acids is 1. The molecule has 19 heavy (non-hydrogen) atoms. The number of urea groups is 1. The van der Waals surface area contributed by atoms with E-state index in [9.17, 15) is 9.59 Å². The molecule has 2 amide bonds. The number of nitrogens with zero attached hydrogens (tertiary/aromatic N) is 2. The molecule has 2 unspecified atom stereocenters. The zero-order valence-corrected chi connectivity index (χ0v) is 11.3. The van der Waals surface area contributed by atoms with E-state index in [1.165, 1.54) is 11.8 Å². The van der Waals surface area contributed by atoms with Gasteiger partial charge in [0.25, 0.3) is 0 Å². The summed E-state index contributed by atoms with van der Waals surface area (Å²) in [6.45, 7) is 3.95. The van der Waals surface area contributed by atoms with Gasteiger partial charge >= 0.3 is 12.0 Å². The Morgan fingerprint density at radius 3 is 2.47 bits per heavy atom. The van der Waals surface area contributed by atoms with Gasteiger partial charge < -0.3 is 14.9 Å². The fourth-order valence-corrected chi connectivity index (χ4v) is 2.30. The van der Waals surface area contributed by atoms with Gasteiger partial charge in [-0.25, -0.2) is 9.59 Å². The van der Waals surface area contributed by atoms with Crippen LogP contribution in [-0.2, 0) is 4.79 Å². The minimum atomic E-state index is -0.980. The second kappa shape index (κ2) is 4.91. The predicted molar refractivity (Wildman–Crippen MR) is 70.9 cm³/mol. The standard InChI is InChI=1S/C14H18N2O3/c1-9-4-6-11(7-5-9)12-8-16(10(2)13(17)18)14(19)15(12)3/h4-7,10,12H,8H2,1-3H3,(H,17,18). The van der Waals surface area contributed by atoms with Gasteiger partial charge in [0, 0.05) is 13.6 Å². The summed E-state index contributed by atoms with van der Waals surface area (Å²) in [5.74, 6) is -0.980. The molecule has 1 aliphatic heterocycles. The second-order valence-electron chi connectivity index (χ2n) is 4.99. The highest BCUT2D eigenvalue weighted by Crippen LogP contribution is 2.29. The number of carboxylic acids is 1. The van der Waals surface area contributed by atoms with Gasteiger partial charge in [0.1, 0.15) is 6.04 Å². The zero-order valence-electron chi connectivity index (χ0n) is 11.3. The lowest BCUT2D eigenvalue weighted by Gasteiger charge is -2.19. The largest absolute Gasteiger partial charge is 0.480 e. The highest BCUT2D eigenvalue weighted by atomic mass is 16.4. The molecule has 5 nitrogen and oxygen atoms in total. The first-order valence-corrected chi connectivity index (χ1v) is 6.24. The molecule has 0 radical (unpaired) electrons. The van der Waals surface area contributed by atoms with Crippen molar-refractivity contribution in [1.29, 1.82) is 0 Å². The van der Waals surface area contributed by atoms with Gasteiger partial charge in [0.05, 0.1) is 6.04 Å². The highest BCUT2D eigenvalue weighted by Gasteiger charge is 2.39. The third-order valence-electron chi connectivity index (χ3n) is 3.67. The number of benzene rings is 1. The lowest BCUT2D eigenvalue weighted by molar-refractivity contribution is -0.141. The monoisotopic (exact) mass is 262 g/mol. The van der Waals surface area contributed by atoms with Crippen LogP contribution < -0.4 is 0 Å². The van der Waals surface area contributed by atoms with Crippen LogP contribution in [0.25, 0.3) is 0 Å². The maximum absolute atomic E-state index is 12.1. The molecule has 5 heteroatoms. The van der Waals surface area contributed by atoms with E-state index in [1.54, 1.807) is 11.9 Å². The molecule has 2 atom stereocenters. The minimum Gasteiger partial charge on any atom is -0.480 e. The summed E-state index contributed by atoms with van der Waals surface area (Å²) in [5.41, 5.74) is 2.19. The molecule has 2 rings (SSSR count). The van der Waals surface area contributed by atoms with Crippen LogP contribution in [0.3, 0.4) is 0 Å². The average molecular weight is 262 g/mol. The lowest BCUT2D eigenvalue weighted by Crippen LogP contribution is -2.41. The van der Waals surface area contributed by atoms with Crippen LogP contribution >= 0.6 is 0 Å². The number of amides is 2. The van der Waals surface area contributed by atoms with Gasteiger partial charge in [0.2, 0.25) is 0 Å². The molecule has 1 fully saturated rings. The molecule has 1 saturated heterocycles. The first-order chi connectivity index (χ1) is 8.91. The third-order valence-corrected chi connectivity index (χ3v) is 3.67. The summed E-state index contributed by atoms with van der Waals surface area (Å²) in [6.07, 6.45) is 0. The van der Waals surface area contributed by atoms with Crippen molar-refractivity contribution in [2.45, 2.75) is 25.9 Å². The second-order valence-corrected chi connectivity index (χ2v) is 4.99. The van der Waals surface area contributed by atoms with E-state index in [0.717, 1.165) is 11.1 Å². The Bertz CT molecular complexity index is 498. The maximum Gasteiger partial charge on any atom is 0.326 e. The summed E-state index contributed by atoms with van der Waals surface area (Å²) in [5, 5.41) is 9.03. The van der Waals surface area contributed by atoms with Crippen molar-refractivity contribution >= 4 is 12.0 Å². The third kappa shape index (κ3) is 2.41. The van der Waals surface area contributed by atoms with Crippen molar-refractivity contribution in [3.63, 3.8) is 0 Å². The normalized spacial score (nSPS) is 20.8. The van der Waals surface area contributed by atoms with Gasteiger partial charge in [-0.05, 0) is 19.4 Å². The Morgan fingerprint density at radius 1 is 1.37 bits per heavy atom. The van der Waals surface area contributed by atoms with Crippen molar-refractivity contribution in [3.05, 3.63) is 35.4 Å². The highest BCUT2D eigenvalue weighted by molar-refractivity contribution is 5.84. The fraction of sp³-hybridized carbons (Fsp3) is 0.429. The first kappa shape index (κ1) is 13.4. The first-order valence-electron chi connectivity index (χ1n) is 6.24. The zero-order chi connectivity index (χ0) is 14.2. The van der Waals surface area contributed by atoms with Crippen LogP contribution in [0.1, 0.15) is 24.1 Å². The molecule has 0 aliphatic carbocycles. The Kier molecular flexibility index (Phi) is 3.46. The molecule has 0 spiro atoms. The predicted octanol–water partition coefficient (Wildman–Crippen LogP) is 1.88. The van der Waals surface area contributed by atoms with Gasteiger partial charge in [0.15, 0.2) is 0 Å². The Hall–Kier alpha value is -2.04. The number of rotatable bonds is 3. The van der Waals surface area contributed by atoms with Gasteiger partial charge in [-0.15, -0.1) is 0 Å². The van der Waals surface area contributed by atoms with Crippen LogP contribution in [0.5, 0.6) is 0 Å². The van der Waals surface area contributed by atoms with E-state index in [2.05, 4.69) is 0 Å². The Morgan fingerprint density at radius 2 is 1.95 bits per heavy atom. The smallest absolute Gasteiger partial charge is 0.326 e. The molecule has 1 aromatic carbocycles. The molecule has 1 heterocycles. The van der Waals surface area contributed by atoms with Crippen molar-refractivity contribution in [3.8, 4) is 0 Å². The van der Waals surface area contributed by atoms with Crippen LogP contribution in [0.2, 0.25) is 0 Å². The number of hydrogen-bond donors (Lipinski definition) is 1. The number of carbonyl (C=O) groups excluding carboxylic acids is 1. The van der Waals surface area contributed by atoms with E-state index in [4.69, 9.17) is 5.11 Å². The minimum absolute atomic E-state index is 0.0881. The Balaban J connectivity index is 2.23. The molecule has 0 saturated carbocycles. The SMILES string of the molecule is Cc1ccc(C2CN(C(C)C(=O)O)C(=O)N2C)cc1. The quantitative estimate of drug-likeness (QED) is 0.904. The maximum atomic E-state index is 12.1. The van der Waals surface area contributed by atoms with Gasteiger partial charge in [-0.2, -0.15) is 0 Å². The molecule has 102 valence electrons. The number of carboxylic acid groups (broad SMARTS) is 1. The number of likely N-dealkylation sites (N-methyl/N-ethyl adjacent to an activating group) is 1. The molecular weight excluding hydrogens is 244 g/mol. The van der Waals surface area contributed by atoms with E-state index < -0.39 is 12.0 Å². The Labute approximate surface area is 112 Å². The molecule has 1 N–H and O–H groups in total. The fourth-order valence-electron chi connectivity index (χ4n) is 2.30. The number of aryl methyl sites for hydroxylation is 1. The summed E-state index contributed by atoms with van der Waals surface area (Å²) < 4.78 is 0. The van der Waals surface area contributed by atoms with Crippen LogP contribution in [0.15, 0.2) is 24.3 Å². The van der Waals surface area contributed by atoms with Crippen molar-refractivity contribution in [1.82, 2.24) is 9.80 Å². The molecular formula is C14H18N2O3. The number of carbonyl (C=O) groups is 2. The summed E-state index contributed by atoms with van der Waals surface area (Å²) in [7, 11) is 1.71. The number of hydrogen-bond acceptors (Lipinski definition) is 2. The summed E-state index contributed by atoms with van der Waals surface area (Å²) in [6, 6.07) is 6.84. The van der Waals surface area contributed by atoms with Crippen LogP contribution in [-0.4, -0.2) is 46.5 Å². The summed E-state index contributed by atoms with van der Waals surface area (Å²) >= 11 is 0. The topological polar surface area (TPSA) is 60.9 Å². The van der Waals surface area contributed by atoms with E-state index in [-0.39, 0.29) is 12.1 Å². The molecule has 1 aliphatic rings. The van der Waals surface area contributed by atoms with E-state index in [0.29, 0.717) is 6.54 Å². The van der Waals surface area contributed by atoms with Crippen molar-refractivity contribution < 1.29 is 14.7 Å². The van der Waals surface area contributed by atoms with Crippen molar-refractivity contribution in [2.24, 2.45) is 0 Å². The molecule has 0 aromatic heterocycles. The van der Waals surface area contributed by atoms with Crippen LogP contribution in [0, 0.1) is 6.92 Å². The van der Waals surface area contributed by atoms with Crippen LogP contribution in [0.4, 0.5) is 4.79 Å². The van der Waals surface area contributed by atoms with Gasteiger partial charge in [-0.3, -0.25) is 0 Å². The van der Waals surface area contributed by atoms with Crippen molar-refractivity contribution in [2.75, 3.05) is 13.6 Å². The summed E-state index contributed by atoms with van der Waals surface area (Å²) in [4.78, 5) is 26.1. The van der Waals surface area contributed by atoms with Gasteiger partial charge in [-0.1, -0.05) is 29.8 Å².